The van der Waals surface area contributed by atoms with Crippen molar-refractivity contribution in [2.75, 3.05) is 0 Å². The van der Waals surface area contributed by atoms with Gasteiger partial charge in [0.2, 0.25) is 0 Å². The molecular weight excluding hydrogens is 432 g/mol. The van der Waals surface area contributed by atoms with Crippen molar-refractivity contribution in [3.8, 4) is 0 Å². The number of aliphatic hydroxyl groups is 1. The Morgan fingerprint density at radius 2 is 0.714 bits per heavy atom. The number of hydrogen-bond acceptors (Lipinski definition) is 2. The molecule has 0 saturated carbocycles. The third kappa shape index (κ3) is 38.1. The van der Waals surface area contributed by atoms with E-state index in [1.54, 1.807) is 0 Å². The number of hydrogen-bond donors (Lipinski definition) is 2. The largest absolute Gasteiger partial charge is 0.481 e. The van der Waals surface area contributed by atoms with E-state index in [1.807, 2.05) is 0 Å². The Hall–Kier alpha value is -0.570. The molecule has 0 saturated heterocycles. The highest BCUT2D eigenvalue weighted by molar-refractivity contribution is 5.66. The molecule has 1 unspecified atom stereocenters. The van der Waals surface area contributed by atoms with E-state index < -0.39 is 5.97 Å². The van der Waals surface area contributed by atoms with Gasteiger partial charge < -0.3 is 10.2 Å². The fourth-order valence-electron chi connectivity index (χ4n) is 4.58. The van der Waals surface area contributed by atoms with E-state index in [0.717, 1.165) is 25.7 Å². The van der Waals surface area contributed by atoms with Crippen LogP contribution in [-0.4, -0.2) is 22.3 Å². The van der Waals surface area contributed by atoms with Crippen LogP contribution >= 0.6 is 0 Å². The predicted molar refractivity (Wildman–Crippen MR) is 155 cm³/mol. The van der Waals surface area contributed by atoms with Crippen LogP contribution in [0.5, 0.6) is 0 Å². The Bertz CT molecular complexity index is 383. The fourth-order valence-corrected chi connectivity index (χ4v) is 4.58. The molecule has 0 aliphatic carbocycles. The molecule has 0 bridgehead atoms. The molecule has 3 heteroatoms. The van der Waals surface area contributed by atoms with Crippen LogP contribution in [0, 0.1) is 0 Å². The summed E-state index contributed by atoms with van der Waals surface area (Å²) in [6.45, 7) is 6.75. The summed E-state index contributed by atoms with van der Waals surface area (Å²) in [6.07, 6.45) is 33.8. The van der Waals surface area contributed by atoms with E-state index in [4.69, 9.17) is 5.11 Å². The van der Waals surface area contributed by atoms with Crippen LogP contribution in [0.4, 0.5) is 0 Å². The molecule has 0 rings (SSSR count). The lowest BCUT2D eigenvalue weighted by atomic mass is 10.0. The van der Waals surface area contributed by atoms with Crippen LogP contribution in [0.3, 0.4) is 0 Å². The van der Waals surface area contributed by atoms with Gasteiger partial charge in [0.05, 0.1) is 6.10 Å². The Morgan fingerprint density at radius 1 is 0.457 bits per heavy atom. The zero-order valence-electron chi connectivity index (χ0n) is 24.5. The van der Waals surface area contributed by atoms with Crippen LogP contribution < -0.4 is 0 Å². The maximum atomic E-state index is 10.3. The Morgan fingerprint density at radius 3 is 1.03 bits per heavy atom. The molecule has 0 aromatic heterocycles. The highest BCUT2D eigenvalue weighted by Gasteiger charge is 2.03. The van der Waals surface area contributed by atoms with Crippen molar-refractivity contribution in [1.82, 2.24) is 0 Å². The standard InChI is InChI=1S/C16H32O2.C16H34O/c1-2-3-4-5-6-7-8-9-10-11-12-13-14-15-16(17)18;1-3-5-7-9-10-11-13-15-16(17)14-12-8-6-4-2/h2-15H2,1H3,(H,17,18);16-17H,3-15H2,1-2H3. The summed E-state index contributed by atoms with van der Waals surface area (Å²) in [7, 11) is 0. The van der Waals surface area contributed by atoms with Crippen LogP contribution in [0.2, 0.25) is 0 Å². The first kappa shape index (κ1) is 36.6. The number of aliphatic hydroxyl groups excluding tert-OH is 1. The number of unbranched alkanes of at least 4 members (excludes halogenated alkanes) is 21. The lowest BCUT2D eigenvalue weighted by Gasteiger charge is -2.09. The molecule has 0 aromatic carbocycles. The normalized spacial score (nSPS) is 11.8. The average molecular weight is 499 g/mol. The summed E-state index contributed by atoms with van der Waals surface area (Å²) in [6, 6.07) is 0. The van der Waals surface area contributed by atoms with Gasteiger partial charge >= 0.3 is 5.97 Å². The van der Waals surface area contributed by atoms with Gasteiger partial charge in [-0.3, -0.25) is 4.79 Å². The van der Waals surface area contributed by atoms with E-state index in [0.29, 0.717) is 6.42 Å². The average Bonchev–Trinajstić information content (AvgIpc) is 2.84. The minimum atomic E-state index is -0.655. The van der Waals surface area contributed by atoms with Gasteiger partial charge in [0.15, 0.2) is 0 Å². The van der Waals surface area contributed by atoms with Gasteiger partial charge in [-0.25, -0.2) is 0 Å². The highest BCUT2D eigenvalue weighted by Crippen LogP contribution is 2.14. The molecule has 0 aliphatic heterocycles. The van der Waals surface area contributed by atoms with Crippen molar-refractivity contribution in [1.29, 1.82) is 0 Å². The molecule has 212 valence electrons. The van der Waals surface area contributed by atoms with Crippen LogP contribution in [0.25, 0.3) is 0 Å². The smallest absolute Gasteiger partial charge is 0.303 e. The van der Waals surface area contributed by atoms with Crippen molar-refractivity contribution >= 4 is 5.97 Å². The van der Waals surface area contributed by atoms with Crippen LogP contribution in [0.1, 0.15) is 194 Å². The van der Waals surface area contributed by atoms with Crippen molar-refractivity contribution in [2.24, 2.45) is 0 Å². The van der Waals surface area contributed by atoms with Gasteiger partial charge in [0.1, 0.15) is 0 Å². The van der Waals surface area contributed by atoms with Gasteiger partial charge in [-0.2, -0.15) is 0 Å². The summed E-state index contributed by atoms with van der Waals surface area (Å²) < 4.78 is 0. The van der Waals surface area contributed by atoms with Crippen molar-refractivity contribution in [3.05, 3.63) is 0 Å². The first-order valence-corrected chi connectivity index (χ1v) is 16.0. The van der Waals surface area contributed by atoms with Gasteiger partial charge in [-0.15, -0.1) is 0 Å². The highest BCUT2D eigenvalue weighted by atomic mass is 16.4. The minimum absolute atomic E-state index is 0.0255. The number of carboxylic acids is 1. The van der Waals surface area contributed by atoms with Crippen LogP contribution in [-0.2, 0) is 4.79 Å². The molecular formula is C32H66O3. The molecule has 0 heterocycles. The summed E-state index contributed by atoms with van der Waals surface area (Å²) in [4.78, 5) is 10.3. The molecule has 3 nitrogen and oxygen atoms in total. The summed E-state index contributed by atoms with van der Waals surface area (Å²) in [5.41, 5.74) is 0. The maximum Gasteiger partial charge on any atom is 0.303 e. The topological polar surface area (TPSA) is 57.5 Å². The number of carbonyl (C=O) groups is 1. The lowest BCUT2D eigenvalue weighted by molar-refractivity contribution is -0.137. The molecule has 1 atom stereocenters. The molecule has 0 spiro atoms. The number of aliphatic carboxylic acids is 1. The van der Waals surface area contributed by atoms with Crippen molar-refractivity contribution in [2.45, 2.75) is 200 Å². The lowest BCUT2D eigenvalue weighted by Crippen LogP contribution is -2.05. The zero-order valence-corrected chi connectivity index (χ0v) is 24.5. The van der Waals surface area contributed by atoms with Crippen molar-refractivity contribution < 1.29 is 15.0 Å². The van der Waals surface area contributed by atoms with Gasteiger partial charge in [0, 0.05) is 6.42 Å². The Balaban J connectivity index is 0. The molecule has 2 N–H and O–H groups in total. The number of rotatable bonds is 27. The third-order valence-corrected chi connectivity index (χ3v) is 7.03. The second-order valence-electron chi connectivity index (χ2n) is 10.8. The quantitative estimate of drug-likeness (QED) is 0.111. The Labute approximate surface area is 221 Å². The van der Waals surface area contributed by atoms with Crippen molar-refractivity contribution in [3.63, 3.8) is 0 Å². The van der Waals surface area contributed by atoms with E-state index in [9.17, 15) is 9.90 Å². The fraction of sp³-hybridized carbons (Fsp3) is 0.969. The first-order chi connectivity index (χ1) is 17.1. The Kier molecular flexibility index (Phi) is 34.9. The van der Waals surface area contributed by atoms with E-state index in [-0.39, 0.29) is 6.10 Å². The third-order valence-electron chi connectivity index (χ3n) is 7.03. The van der Waals surface area contributed by atoms with Crippen LogP contribution in [0.15, 0.2) is 0 Å². The SMILES string of the molecule is CCCCCCCCCC(O)CCCCCC.CCCCCCCCCCCCCCCC(=O)O. The zero-order chi connectivity index (χ0) is 26.2. The molecule has 35 heavy (non-hydrogen) atoms. The molecule has 0 aliphatic rings. The van der Waals surface area contributed by atoms with E-state index >= 15 is 0 Å². The number of carboxylic acid groups (broad SMARTS) is 1. The second kappa shape index (κ2) is 33.4. The van der Waals surface area contributed by atoms with Gasteiger partial charge in [-0.05, 0) is 19.3 Å². The summed E-state index contributed by atoms with van der Waals surface area (Å²) >= 11 is 0. The van der Waals surface area contributed by atoms with Gasteiger partial charge in [0.25, 0.3) is 0 Å². The van der Waals surface area contributed by atoms with E-state index in [1.165, 1.54) is 141 Å². The summed E-state index contributed by atoms with van der Waals surface area (Å²) in [5.74, 6) is -0.655. The first-order valence-electron chi connectivity index (χ1n) is 16.0. The maximum absolute atomic E-state index is 10.3. The summed E-state index contributed by atoms with van der Waals surface area (Å²) in [5, 5.41) is 18.3. The monoisotopic (exact) mass is 499 g/mol. The molecule has 0 radical (unpaired) electrons. The van der Waals surface area contributed by atoms with Gasteiger partial charge in [-0.1, -0.05) is 168 Å². The molecule has 0 aromatic rings. The molecule has 0 fully saturated rings. The predicted octanol–water partition coefficient (Wildman–Crippen LogP) is 11.0. The molecule has 0 amide bonds. The van der Waals surface area contributed by atoms with E-state index in [2.05, 4.69) is 20.8 Å². The second-order valence-corrected chi connectivity index (χ2v) is 10.8. The minimum Gasteiger partial charge on any atom is -0.481 e.